The first-order valence-corrected chi connectivity index (χ1v) is 16.0. The summed E-state index contributed by atoms with van der Waals surface area (Å²) in [6, 6.07) is 8.12. The van der Waals surface area contributed by atoms with Gasteiger partial charge in [0.15, 0.2) is 0 Å². The molecule has 0 aliphatic carbocycles. The average molecular weight is 669 g/mol. The molecule has 2 aromatic carbocycles. The number of pyridine rings is 1. The zero-order chi connectivity index (χ0) is 35.3. The molecule has 1 aliphatic rings. The number of nitrogens with one attached hydrogen (secondary N) is 1. The van der Waals surface area contributed by atoms with Gasteiger partial charge in [-0.3, -0.25) is 14.4 Å². The number of likely N-dealkylation sites (tertiary alicyclic amines) is 1. The first-order chi connectivity index (χ1) is 22.6. The van der Waals surface area contributed by atoms with Gasteiger partial charge in [-0.1, -0.05) is 26.8 Å². The monoisotopic (exact) mass is 668 g/mol. The Morgan fingerprint density at radius 3 is 2.40 bits per heavy atom. The van der Waals surface area contributed by atoms with Crippen LogP contribution in [0.5, 0.6) is 0 Å². The van der Waals surface area contributed by atoms with Crippen LogP contribution in [0.3, 0.4) is 0 Å². The molecule has 0 saturated carbocycles. The summed E-state index contributed by atoms with van der Waals surface area (Å²) in [7, 11) is 0. The summed E-state index contributed by atoms with van der Waals surface area (Å²) in [4.78, 5) is 41.2. The molecule has 0 bridgehead atoms. The standard InChI is InChI=1S/C36H40F4N4O4/c1-5-23-7-8-24(19-41)27(15-23)26-14-22(4)34(37)28(16-26)30(18-33(46)47)42-35(48)31(13-21(2)3)44-20-25(9-12-43-10-6-11-43)29(17-32(44)45)36(38,39)40/h7-8,14-17,20-21,30-31H,5-6,9-13,18H2,1-4H3,(H,42,48)(H,46,47). The number of aromatic nitrogens is 1. The minimum Gasteiger partial charge on any atom is -0.481 e. The van der Waals surface area contributed by atoms with Gasteiger partial charge in [0.1, 0.15) is 11.9 Å². The number of benzene rings is 2. The molecular formula is C36H40F4N4O4. The fourth-order valence-electron chi connectivity index (χ4n) is 6.01. The molecule has 3 aromatic rings. The van der Waals surface area contributed by atoms with Crippen molar-refractivity contribution in [1.29, 1.82) is 5.26 Å². The number of hydrogen-bond acceptors (Lipinski definition) is 5. The normalized spacial score (nSPS) is 14.7. The average Bonchev–Trinajstić information content (AvgIpc) is 2.99. The van der Waals surface area contributed by atoms with Gasteiger partial charge in [0, 0.05) is 24.4 Å². The summed E-state index contributed by atoms with van der Waals surface area (Å²) in [5.74, 6) is -3.13. The van der Waals surface area contributed by atoms with E-state index in [4.69, 9.17) is 0 Å². The summed E-state index contributed by atoms with van der Waals surface area (Å²) in [5, 5.41) is 22.2. The molecule has 2 atom stereocenters. The maximum absolute atomic E-state index is 15.8. The van der Waals surface area contributed by atoms with Gasteiger partial charge in [-0.15, -0.1) is 0 Å². The number of carbonyl (C=O) groups is 2. The number of aliphatic carboxylic acids is 1. The molecule has 2 heterocycles. The molecule has 1 aromatic heterocycles. The maximum atomic E-state index is 15.8. The maximum Gasteiger partial charge on any atom is 0.416 e. The third kappa shape index (κ3) is 8.50. The molecule has 1 fully saturated rings. The molecule has 2 unspecified atom stereocenters. The molecule has 1 saturated heterocycles. The Labute approximate surface area is 277 Å². The van der Waals surface area contributed by atoms with Crippen LogP contribution in [0.2, 0.25) is 0 Å². The quantitative estimate of drug-likeness (QED) is 0.199. The molecule has 48 heavy (non-hydrogen) atoms. The van der Waals surface area contributed by atoms with Crippen molar-refractivity contribution in [3.8, 4) is 17.2 Å². The van der Waals surface area contributed by atoms with Crippen molar-refractivity contribution in [2.24, 2.45) is 5.92 Å². The molecule has 0 radical (unpaired) electrons. The number of amides is 1. The van der Waals surface area contributed by atoms with Gasteiger partial charge >= 0.3 is 12.1 Å². The van der Waals surface area contributed by atoms with Crippen LogP contribution in [-0.4, -0.2) is 46.1 Å². The topological polar surface area (TPSA) is 115 Å². The number of alkyl halides is 3. The minimum atomic E-state index is -4.78. The Kier molecular flexibility index (Phi) is 11.5. The second kappa shape index (κ2) is 15.2. The lowest BCUT2D eigenvalue weighted by Gasteiger charge is -2.31. The van der Waals surface area contributed by atoms with Crippen LogP contribution < -0.4 is 10.9 Å². The molecule has 1 aliphatic heterocycles. The predicted molar refractivity (Wildman–Crippen MR) is 173 cm³/mol. The van der Waals surface area contributed by atoms with Gasteiger partial charge in [-0.2, -0.15) is 18.4 Å². The first kappa shape index (κ1) is 36.3. The third-order valence-electron chi connectivity index (χ3n) is 8.72. The molecule has 256 valence electrons. The largest absolute Gasteiger partial charge is 0.481 e. The lowest BCUT2D eigenvalue weighted by Crippen LogP contribution is -2.41. The summed E-state index contributed by atoms with van der Waals surface area (Å²) in [5.41, 5.74) is 0.00915. The number of nitrogens with zero attached hydrogens (tertiary/aromatic N) is 3. The highest BCUT2D eigenvalue weighted by Gasteiger charge is 2.36. The third-order valence-corrected chi connectivity index (χ3v) is 8.72. The van der Waals surface area contributed by atoms with Crippen molar-refractivity contribution in [2.75, 3.05) is 19.6 Å². The molecule has 4 rings (SSSR count). The molecule has 12 heteroatoms. The second-order valence-corrected chi connectivity index (χ2v) is 12.7. The number of carboxylic acids is 1. The zero-order valence-corrected chi connectivity index (χ0v) is 27.5. The van der Waals surface area contributed by atoms with Crippen molar-refractivity contribution < 1.29 is 32.3 Å². The van der Waals surface area contributed by atoms with Crippen LogP contribution in [0.15, 0.2) is 47.4 Å². The molecular weight excluding hydrogens is 628 g/mol. The van der Waals surface area contributed by atoms with E-state index in [0.29, 0.717) is 35.7 Å². The highest BCUT2D eigenvalue weighted by atomic mass is 19.4. The fourth-order valence-corrected chi connectivity index (χ4v) is 6.01. The van der Waals surface area contributed by atoms with Crippen LogP contribution >= 0.6 is 0 Å². The van der Waals surface area contributed by atoms with Crippen molar-refractivity contribution in [2.45, 2.75) is 78.1 Å². The van der Waals surface area contributed by atoms with E-state index in [2.05, 4.69) is 11.4 Å². The fraction of sp³-hybridized carbons (Fsp3) is 0.444. The van der Waals surface area contributed by atoms with E-state index in [0.717, 1.165) is 35.8 Å². The number of carbonyl (C=O) groups excluding carboxylic acids is 1. The van der Waals surface area contributed by atoms with Gasteiger partial charge in [-0.05, 0) is 104 Å². The first-order valence-electron chi connectivity index (χ1n) is 16.0. The Bertz CT molecular complexity index is 1770. The zero-order valence-electron chi connectivity index (χ0n) is 27.5. The number of aryl methyl sites for hydroxylation is 2. The smallest absolute Gasteiger partial charge is 0.416 e. The number of carboxylic acid groups (broad SMARTS) is 1. The van der Waals surface area contributed by atoms with Crippen molar-refractivity contribution >= 4 is 11.9 Å². The molecule has 8 nitrogen and oxygen atoms in total. The lowest BCUT2D eigenvalue weighted by atomic mass is 9.91. The van der Waals surface area contributed by atoms with E-state index in [9.17, 15) is 37.9 Å². The Morgan fingerprint density at radius 2 is 1.83 bits per heavy atom. The Morgan fingerprint density at radius 1 is 1.12 bits per heavy atom. The van der Waals surface area contributed by atoms with E-state index in [1.54, 1.807) is 38.1 Å². The van der Waals surface area contributed by atoms with E-state index in [1.807, 2.05) is 11.8 Å². The van der Waals surface area contributed by atoms with Crippen LogP contribution in [0.25, 0.3) is 11.1 Å². The van der Waals surface area contributed by atoms with E-state index >= 15 is 4.39 Å². The number of halogens is 4. The van der Waals surface area contributed by atoms with E-state index in [1.165, 1.54) is 13.0 Å². The Balaban J connectivity index is 1.78. The summed E-state index contributed by atoms with van der Waals surface area (Å²) in [6.07, 6.45) is -2.75. The van der Waals surface area contributed by atoms with Crippen LogP contribution in [0.1, 0.15) is 85.5 Å². The van der Waals surface area contributed by atoms with E-state index in [-0.39, 0.29) is 35.4 Å². The highest BCUT2D eigenvalue weighted by Crippen LogP contribution is 2.34. The second-order valence-electron chi connectivity index (χ2n) is 12.7. The number of rotatable bonds is 13. The van der Waals surface area contributed by atoms with Gasteiger partial charge in [0.2, 0.25) is 5.91 Å². The summed E-state index contributed by atoms with van der Waals surface area (Å²) >= 11 is 0. The SMILES string of the molecule is CCc1ccc(C#N)c(-c2cc(C)c(F)c(C(CC(=O)O)NC(=O)C(CC(C)C)n3cc(CCN4CCC4)c(C(F)(F)F)cc3=O)c2)c1. The number of hydrogen-bond donors (Lipinski definition) is 2. The number of nitriles is 1. The predicted octanol–water partition coefficient (Wildman–Crippen LogP) is 6.58. The lowest BCUT2D eigenvalue weighted by molar-refractivity contribution is -0.139. The summed E-state index contributed by atoms with van der Waals surface area (Å²) in [6.45, 7) is 8.87. The minimum absolute atomic E-state index is 0.00791. The molecule has 2 N–H and O–H groups in total. The van der Waals surface area contributed by atoms with E-state index < -0.39 is 53.5 Å². The van der Waals surface area contributed by atoms with Crippen LogP contribution in [-0.2, 0) is 28.6 Å². The molecule has 0 spiro atoms. The Hall–Kier alpha value is -4.50. The van der Waals surface area contributed by atoms with Gasteiger partial charge in [0.25, 0.3) is 5.56 Å². The van der Waals surface area contributed by atoms with Gasteiger partial charge in [0.05, 0.1) is 29.7 Å². The summed E-state index contributed by atoms with van der Waals surface area (Å²) < 4.78 is 58.8. The van der Waals surface area contributed by atoms with Crippen molar-refractivity contribution in [3.63, 3.8) is 0 Å². The van der Waals surface area contributed by atoms with Gasteiger partial charge in [-0.25, -0.2) is 4.39 Å². The van der Waals surface area contributed by atoms with Crippen molar-refractivity contribution in [1.82, 2.24) is 14.8 Å². The van der Waals surface area contributed by atoms with Crippen LogP contribution in [0, 0.1) is 30.0 Å². The van der Waals surface area contributed by atoms with Gasteiger partial charge < -0.3 is 19.9 Å². The highest BCUT2D eigenvalue weighted by molar-refractivity contribution is 5.82. The van der Waals surface area contributed by atoms with Crippen LogP contribution in [0.4, 0.5) is 17.6 Å². The van der Waals surface area contributed by atoms with Crippen molar-refractivity contribution in [3.05, 3.63) is 92.1 Å². The molecule has 1 amide bonds.